The van der Waals surface area contributed by atoms with E-state index in [1.165, 1.54) is 6.26 Å². The molecule has 0 radical (unpaired) electrons. The molecule has 21 heavy (non-hydrogen) atoms. The Morgan fingerprint density at radius 1 is 1.38 bits per heavy atom. The number of aromatic nitrogens is 1. The fourth-order valence-corrected chi connectivity index (χ4v) is 2.03. The summed E-state index contributed by atoms with van der Waals surface area (Å²) in [6.07, 6.45) is 8.45. The molecule has 0 spiro atoms. The van der Waals surface area contributed by atoms with E-state index in [1.54, 1.807) is 18.7 Å². The Hall–Kier alpha value is -1.84. The van der Waals surface area contributed by atoms with Crippen molar-refractivity contribution >= 4 is 6.21 Å². The van der Waals surface area contributed by atoms with Crippen LogP contribution in [0.4, 0.5) is 0 Å². The van der Waals surface area contributed by atoms with Crippen LogP contribution in [0.1, 0.15) is 53.2 Å². The van der Waals surface area contributed by atoms with Crippen molar-refractivity contribution < 1.29 is 9.26 Å². The molecular weight excluding hydrogens is 264 g/mol. The topological polar surface area (TPSA) is 47.6 Å². The van der Waals surface area contributed by atoms with E-state index in [2.05, 4.69) is 44.4 Å². The number of nitrogens with zero attached hydrogens (tertiary/aromatic N) is 2. The first-order valence-electron chi connectivity index (χ1n) is 7.20. The van der Waals surface area contributed by atoms with E-state index in [9.17, 15) is 0 Å². The number of hydrogen-bond donors (Lipinski definition) is 0. The molecule has 0 N–H and O–H groups in total. The molecule has 0 saturated heterocycles. The maximum absolute atomic E-state index is 5.54. The van der Waals surface area contributed by atoms with Gasteiger partial charge in [0.1, 0.15) is 12.0 Å². The molecule has 4 heteroatoms. The Labute approximate surface area is 127 Å². The molecular formula is C17H26N2O2. The maximum atomic E-state index is 5.54. The lowest BCUT2D eigenvalue weighted by molar-refractivity contribution is 0.203. The van der Waals surface area contributed by atoms with Gasteiger partial charge in [0.05, 0.1) is 18.2 Å². The van der Waals surface area contributed by atoms with Crippen molar-refractivity contribution in [2.45, 2.75) is 52.9 Å². The van der Waals surface area contributed by atoms with E-state index in [1.807, 2.05) is 13.0 Å². The van der Waals surface area contributed by atoms with E-state index >= 15 is 0 Å². The van der Waals surface area contributed by atoms with Gasteiger partial charge in [-0.05, 0) is 19.8 Å². The van der Waals surface area contributed by atoms with Gasteiger partial charge < -0.3 is 9.26 Å². The van der Waals surface area contributed by atoms with Crippen LogP contribution in [0.5, 0.6) is 0 Å². The molecule has 0 atom stereocenters. The first-order chi connectivity index (χ1) is 9.83. The summed E-state index contributed by atoms with van der Waals surface area (Å²) in [5.74, 6) is 0.812. The van der Waals surface area contributed by atoms with Crippen molar-refractivity contribution in [3.63, 3.8) is 0 Å². The normalized spacial score (nSPS) is 13.7. The van der Waals surface area contributed by atoms with Gasteiger partial charge >= 0.3 is 0 Å². The minimum absolute atomic E-state index is 0.0441. The number of ether oxygens (including phenoxy) is 1. The number of aliphatic imine (C=N–C) groups is 1. The maximum Gasteiger partial charge on any atom is 0.127 e. The summed E-state index contributed by atoms with van der Waals surface area (Å²) in [6.45, 7) is 14.1. The predicted octanol–water partition coefficient (Wildman–Crippen LogP) is 4.85. The summed E-state index contributed by atoms with van der Waals surface area (Å²) in [6, 6.07) is 1.92. The minimum atomic E-state index is -0.137. The summed E-state index contributed by atoms with van der Waals surface area (Å²) in [5, 5.41) is 4.06. The first-order valence-corrected chi connectivity index (χ1v) is 7.20. The fourth-order valence-electron chi connectivity index (χ4n) is 2.03. The molecule has 0 bridgehead atoms. The van der Waals surface area contributed by atoms with Crippen molar-refractivity contribution in [3.05, 3.63) is 42.8 Å². The van der Waals surface area contributed by atoms with Gasteiger partial charge in [0, 0.05) is 23.1 Å². The monoisotopic (exact) mass is 290 g/mol. The van der Waals surface area contributed by atoms with Crippen LogP contribution >= 0.6 is 0 Å². The summed E-state index contributed by atoms with van der Waals surface area (Å²) in [5.41, 5.74) is 0.791. The largest absolute Gasteiger partial charge is 0.468 e. The molecule has 0 aliphatic heterocycles. The molecule has 116 valence electrons. The Kier molecular flexibility index (Phi) is 5.94. The van der Waals surface area contributed by atoms with Gasteiger partial charge in [-0.1, -0.05) is 39.4 Å². The lowest BCUT2D eigenvalue weighted by Crippen LogP contribution is -2.23. The lowest BCUT2D eigenvalue weighted by atomic mass is 9.76. The van der Waals surface area contributed by atoms with Crippen LogP contribution in [0.3, 0.4) is 0 Å². The van der Waals surface area contributed by atoms with Crippen molar-refractivity contribution in [2.75, 3.05) is 0 Å². The minimum Gasteiger partial charge on any atom is -0.468 e. The van der Waals surface area contributed by atoms with E-state index in [-0.39, 0.29) is 10.8 Å². The van der Waals surface area contributed by atoms with Gasteiger partial charge in [-0.3, -0.25) is 4.99 Å². The molecule has 0 aromatic carbocycles. The Morgan fingerprint density at radius 3 is 2.62 bits per heavy atom. The highest BCUT2D eigenvalue weighted by molar-refractivity contribution is 5.54. The highest BCUT2D eigenvalue weighted by Crippen LogP contribution is 2.38. The molecule has 0 amide bonds. The molecule has 0 aliphatic carbocycles. The second kappa shape index (κ2) is 7.25. The van der Waals surface area contributed by atoms with Crippen LogP contribution < -0.4 is 0 Å². The SMILES string of the molecule is C=CO/C(=C\N=C\C)C(C)(C)CCC(C)(C)c1ccon1. The third kappa shape index (κ3) is 4.88. The third-order valence-electron chi connectivity index (χ3n) is 3.72. The van der Waals surface area contributed by atoms with Crippen LogP contribution in [0.2, 0.25) is 0 Å². The standard InChI is InChI=1S/C17H26N2O2/c1-7-18-13-15(20-8-2)17(5,6)11-10-16(3,4)14-9-12-21-19-14/h7-9,12-13H,2,10-11H2,1,3-6H3/b15-13-,18-7+. The van der Waals surface area contributed by atoms with E-state index < -0.39 is 0 Å². The van der Waals surface area contributed by atoms with E-state index in [0.29, 0.717) is 0 Å². The Balaban J connectivity index is 2.81. The van der Waals surface area contributed by atoms with E-state index in [0.717, 1.165) is 24.3 Å². The summed E-state index contributed by atoms with van der Waals surface area (Å²) in [7, 11) is 0. The van der Waals surface area contributed by atoms with Gasteiger partial charge in [0.15, 0.2) is 0 Å². The van der Waals surface area contributed by atoms with Crippen molar-refractivity contribution in [2.24, 2.45) is 10.4 Å². The average Bonchev–Trinajstić information content (AvgIpc) is 2.96. The zero-order chi connectivity index (χ0) is 15.9. The average molecular weight is 290 g/mol. The number of hydrogen-bond acceptors (Lipinski definition) is 4. The van der Waals surface area contributed by atoms with Gasteiger partial charge in [0.2, 0.25) is 0 Å². The predicted molar refractivity (Wildman–Crippen MR) is 86.1 cm³/mol. The van der Waals surface area contributed by atoms with Crippen molar-refractivity contribution in [1.29, 1.82) is 0 Å². The summed E-state index contributed by atoms with van der Waals surface area (Å²) >= 11 is 0. The van der Waals surface area contributed by atoms with Gasteiger partial charge in [-0.25, -0.2) is 0 Å². The van der Waals surface area contributed by atoms with E-state index in [4.69, 9.17) is 9.26 Å². The van der Waals surface area contributed by atoms with Gasteiger partial charge in [-0.15, -0.1) is 0 Å². The van der Waals surface area contributed by atoms with Gasteiger partial charge in [0.25, 0.3) is 0 Å². The highest BCUT2D eigenvalue weighted by Gasteiger charge is 2.31. The second-order valence-electron chi connectivity index (χ2n) is 6.34. The summed E-state index contributed by atoms with van der Waals surface area (Å²) < 4.78 is 10.5. The first kappa shape index (κ1) is 17.2. The molecule has 1 aromatic rings. The zero-order valence-electron chi connectivity index (χ0n) is 13.7. The number of rotatable bonds is 8. The van der Waals surface area contributed by atoms with Crippen LogP contribution in [0.25, 0.3) is 0 Å². The third-order valence-corrected chi connectivity index (χ3v) is 3.72. The second-order valence-corrected chi connectivity index (χ2v) is 6.34. The van der Waals surface area contributed by atoms with Gasteiger partial charge in [-0.2, -0.15) is 0 Å². The molecule has 0 saturated carbocycles. The molecule has 1 rings (SSSR count). The fraction of sp³-hybridized carbons (Fsp3) is 0.529. The number of allylic oxidation sites excluding steroid dienone is 1. The molecule has 0 unspecified atom stereocenters. The molecule has 4 nitrogen and oxygen atoms in total. The molecule has 0 aliphatic rings. The van der Waals surface area contributed by atoms with Crippen LogP contribution in [-0.2, 0) is 10.2 Å². The van der Waals surface area contributed by atoms with Crippen molar-refractivity contribution in [1.82, 2.24) is 5.16 Å². The molecule has 1 aromatic heterocycles. The van der Waals surface area contributed by atoms with Crippen molar-refractivity contribution in [3.8, 4) is 0 Å². The highest BCUT2D eigenvalue weighted by atomic mass is 16.5. The smallest absolute Gasteiger partial charge is 0.127 e. The van der Waals surface area contributed by atoms with Crippen LogP contribution in [-0.4, -0.2) is 11.4 Å². The molecule has 0 fully saturated rings. The van der Waals surface area contributed by atoms with Crippen LogP contribution in [0, 0.1) is 5.41 Å². The summed E-state index contributed by atoms with van der Waals surface area (Å²) in [4.78, 5) is 4.16. The van der Waals surface area contributed by atoms with Crippen LogP contribution in [0.15, 0.2) is 46.6 Å². The Morgan fingerprint density at radius 2 is 2.10 bits per heavy atom. The lowest BCUT2D eigenvalue weighted by Gasteiger charge is -2.30. The quantitative estimate of drug-likeness (QED) is 0.508. The molecule has 1 heterocycles. The zero-order valence-corrected chi connectivity index (χ0v) is 13.7. The Bertz CT molecular complexity index is 497.